The van der Waals surface area contributed by atoms with Crippen molar-refractivity contribution in [2.45, 2.75) is 76.7 Å². The normalized spacial score (nSPS) is 34.0. The Bertz CT molecular complexity index is 434. The summed E-state index contributed by atoms with van der Waals surface area (Å²) >= 11 is 0. The number of aliphatic hydroxyl groups excluding tert-OH is 1. The molecule has 23 heavy (non-hydrogen) atoms. The van der Waals surface area contributed by atoms with Crippen molar-refractivity contribution in [1.82, 2.24) is 5.32 Å². The van der Waals surface area contributed by atoms with Gasteiger partial charge in [0.25, 0.3) is 0 Å². The van der Waals surface area contributed by atoms with Crippen molar-refractivity contribution in [1.29, 1.82) is 0 Å². The minimum absolute atomic E-state index is 0.163. The van der Waals surface area contributed by atoms with Gasteiger partial charge in [-0.3, -0.25) is 0 Å². The van der Waals surface area contributed by atoms with Crippen molar-refractivity contribution in [3.63, 3.8) is 0 Å². The average Bonchev–Trinajstić information content (AvgIpc) is 2.84. The molecule has 0 radical (unpaired) electrons. The minimum atomic E-state index is -1.09. The molecule has 134 valence electrons. The SMILES string of the molecule is CO[C@H](CNC(=O)OC(C)(C)C)[C@H]1OC(O)[C@H]2OC(C)(C)O[C@@H]12. The lowest BCUT2D eigenvalue weighted by Gasteiger charge is -2.28. The number of carbonyl (C=O) groups excluding carboxylic acids is 1. The molecule has 5 atom stereocenters. The van der Waals surface area contributed by atoms with Gasteiger partial charge in [-0.2, -0.15) is 0 Å². The van der Waals surface area contributed by atoms with Crippen molar-refractivity contribution in [2.24, 2.45) is 0 Å². The zero-order valence-electron chi connectivity index (χ0n) is 14.5. The van der Waals surface area contributed by atoms with Crippen molar-refractivity contribution in [3.05, 3.63) is 0 Å². The quantitative estimate of drug-likeness (QED) is 0.784. The Morgan fingerprint density at radius 2 is 1.91 bits per heavy atom. The van der Waals surface area contributed by atoms with Crippen molar-refractivity contribution < 1.29 is 33.6 Å². The minimum Gasteiger partial charge on any atom is -0.444 e. The summed E-state index contributed by atoms with van der Waals surface area (Å²) in [5.74, 6) is -0.796. The topological polar surface area (TPSA) is 95.5 Å². The monoisotopic (exact) mass is 333 g/mol. The molecule has 0 bridgehead atoms. The molecule has 0 spiro atoms. The molecular formula is C15H27NO7. The highest BCUT2D eigenvalue weighted by Gasteiger charge is 2.57. The van der Waals surface area contributed by atoms with Crippen LogP contribution in [0.1, 0.15) is 34.6 Å². The van der Waals surface area contributed by atoms with Gasteiger partial charge in [-0.15, -0.1) is 0 Å². The van der Waals surface area contributed by atoms with Gasteiger partial charge in [-0.1, -0.05) is 0 Å². The molecule has 8 nitrogen and oxygen atoms in total. The summed E-state index contributed by atoms with van der Waals surface area (Å²) in [4.78, 5) is 11.8. The number of fused-ring (bicyclic) bond motifs is 1. The van der Waals surface area contributed by atoms with Crippen molar-refractivity contribution >= 4 is 6.09 Å². The van der Waals surface area contributed by atoms with E-state index in [0.29, 0.717) is 0 Å². The lowest BCUT2D eigenvalue weighted by molar-refractivity contribution is -0.231. The van der Waals surface area contributed by atoms with E-state index >= 15 is 0 Å². The Balaban J connectivity index is 1.94. The van der Waals surface area contributed by atoms with E-state index in [1.807, 2.05) is 0 Å². The standard InChI is InChI=1S/C15H27NO7/c1-14(2,3)23-13(18)16-7-8(19-6)9-10-11(12(17)20-9)22-15(4,5)21-10/h8-12,17H,7H2,1-6H3,(H,16,18)/t8-,9-,10+,11+,12?/m1/s1. The number of nitrogens with one attached hydrogen (secondary N) is 1. The molecule has 0 aromatic carbocycles. The van der Waals surface area contributed by atoms with Gasteiger partial charge >= 0.3 is 6.09 Å². The van der Waals surface area contributed by atoms with Crippen LogP contribution in [0.15, 0.2) is 0 Å². The van der Waals surface area contributed by atoms with Gasteiger partial charge in [0.15, 0.2) is 12.1 Å². The van der Waals surface area contributed by atoms with Crippen LogP contribution in [0.2, 0.25) is 0 Å². The molecule has 0 saturated carbocycles. The summed E-state index contributed by atoms with van der Waals surface area (Å²) in [7, 11) is 1.51. The molecular weight excluding hydrogens is 306 g/mol. The maximum atomic E-state index is 11.8. The van der Waals surface area contributed by atoms with E-state index in [2.05, 4.69) is 5.32 Å². The largest absolute Gasteiger partial charge is 0.444 e. The number of aliphatic hydroxyl groups is 1. The third-order valence-corrected chi connectivity index (χ3v) is 3.58. The van der Waals surface area contributed by atoms with Gasteiger partial charge in [0, 0.05) is 13.7 Å². The summed E-state index contributed by atoms with van der Waals surface area (Å²) in [6.07, 6.45) is -3.74. The summed E-state index contributed by atoms with van der Waals surface area (Å²) in [5, 5.41) is 12.6. The van der Waals surface area contributed by atoms with Crippen LogP contribution in [-0.4, -0.2) is 66.9 Å². The van der Waals surface area contributed by atoms with E-state index in [-0.39, 0.29) is 6.54 Å². The third kappa shape index (κ3) is 4.54. The van der Waals surface area contributed by atoms with E-state index < -0.39 is 48.2 Å². The first-order valence-corrected chi connectivity index (χ1v) is 7.71. The number of amides is 1. The molecule has 8 heteroatoms. The molecule has 2 aliphatic rings. The molecule has 2 saturated heterocycles. The Labute approximate surface area is 136 Å². The van der Waals surface area contributed by atoms with Gasteiger partial charge in [-0.25, -0.2) is 4.79 Å². The van der Waals surface area contributed by atoms with Crippen LogP contribution in [0.3, 0.4) is 0 Å². The number of methoxy groups -OCH3 is 1. The number of ether oxygens (including phenoxy) is 5. The molecule has 2 heterocycles. The molecule has 0 aromatic rings. The fourth-order valence-electron chi connectivity index (χ4n) is 2.74. The molecule has 1 unspecified atom stereocenters. The third-order valence-electron chi connectivity index (χ3n) is 3.58. The first-order chi connectivity index (χ1) is 10.5. The van der Waals surface area contributed by atoms with E-state index in [1.165, 1.54) is 7.11 Å². The maximum absolute atomic E-state index is 11.8. The summed E-state index contributed by atoms with van der Waals surface area (Å²) in [5.41, 5.74) is -0.579. The van der Waals surface area contributed by atoms with Gasteiger partial charge in [0.05, 0.1) is 0 Å². The van der Waals surface area contributed by atoms with E-state index in [0.717, 1.165) is 0 Å². The smallest absolute Gasteiger partial charge is 0.407 e. The number of hydrogen-bond donors (Lipinski definition) is 2. The highest BCUT2D eigenvalue weighted by Crippen LogP contribution is 2.39. The first-order valence-electron chi connectivity index (χ1n) is 7.71. The predicted octanol–water partition coefficient (Wildman–Crippen LogP) is 0.763. The average molecular weight is 333 g/mol. The van der Waals surface area contributed by atoms with Crippen molar-refractivity contribution in [2.75, 3.05) is 13.7 Å². The lowest BCUT2D eigenvalue weighted by atomic mass is 10.1. The van der Waals surface area contributed by atoms with Crippen LogP contribution < -0.4 is 5.32 Å². The van der Waals surface area contributed by atoms with Gasteiger partial charge in [0.2, 0.25) is 0 Å². The molecule has 2 N–H and O–H groups in total. The fraction of sp³-hybridized carbons (Fsp3) is 0.933. The molecule has 0 aromatic heterocycles. The zero-order valence-corrected chi connectivity index (χ0v) is 14.5. The van der Waals surface area contributed by atoms with Crippen LogP contribution in [0.5, 0.6) is 0 Å². The number of carbonyl (C=O) groups is 1. The Morgan fingerprint density at radius 3 is 2.48 bits per heavy atom. The van der Waals surface area contributed by atoms with Crippen LogP contribution >= 0.6 is 0 Å². The number of rotatable bonds is 4. The molecule has 2 aliphatic heterocycles. The first kappa shape index (κ1) is 18.4. The second kappa shape index (κ2) is 6.52. The number of hydrogen-bond acceptors (Lipinski definition) is 7. The Kier molecular flexibility index (Phi) is 5.22. The van der Waals surface area contributed by atoms with E-state index in [1.54, 1.807) is 34.6 Å². The fourth-order valence-corrected chi connectivity index (χ4v) is 2.74. The number of alkyl carbamates (subject to hydrolysis) is 1. The highest BCUT2D eigenvalue weighted by molar-refractivity contribution is 5.67. The predicted molar refractivity (Wildman–Crippen MR) is 79.7 cm³/mol. The van der Waals surface area contributed by atoms with Gasteiger partial charge in [-0.05, 0) is 34.6 Å². The molecule has 2 rings (SSSR count). The molecule has 2 fully saturated rings. The van der Waals surface area contributed by atoms with Crippen LogP contribution in [0, 0.1) is 0 Å². The second-order valence-electron chi connectivity index (χ2n) is 7.21. The second-order valence-corrected chi connectivity index (χ2v) is 7.21. The Morgan fingerprint density at radius 1 is 1.30 bits per heavy atom. The molecule has 1 amide bonds. The van der Waals surface area contributed by atoms with Gasteiger partial charge in [0.1, 0.15) is 30.0 Å². The van der Waals surface area contributed by atoms with Crippen LogP contribution in [-0.2, 0) is 23.7 Å². The summed E-state index contributed by atoms with van der Waals surface area (Å²) in [6, 6.07) is 0. The van der Waals surface area contributed by atoms with Gasteiger partial charge < -0.3 is 34.1 Å². The van der Waals surface area contributed by atoms with Crippen LogP contribution in [0.25, 0.3) is 0 Å². The molecule has 0 aliphatic carbocycles. The van der Waals surface area contributed by atoms with Crippen molar-refractivity contribution in [3.8, 4) is 0 Å². The highest BCUT2D eigenvalue weighted by atomic mass is 16.8. The van der Waals surface area contributed by atoms with Crippen LogP contribution in [0.4, 0.5) is 4.79 Å². The Hall–Kier alpha value is -0.930. The maximum Gasteiger partial charge on any atom is 0.407 e. The summed E-state index contributed by atoms with van der Waals surface area (Å²) in [6.45, 7) is 9.06. The lowest BCUT2D eigenvalue weighted by Crippen LogP contribution is -2.46. The zero-order chi connectivity index (χ0) is 17.4. The summed E-state index contributed by atoms with van der Waals surface area (Å²) < 4.78 is 27.5. The van der Waals surface area contributed by atoms with E-state index in [4.69, 9.17) is 23.7 Å². The van der Waals surface area contributed by atoms with E-state index in [9.17, 15) is 9.90 Å².